The molecule has 2 heteroatoms. The molecule has 0 saturated carbocycles. The summed E-state index contributed by atoms with van der Waals surface area (Å²) in [4.78, 5) is 0. The third-order valence-corrected chi connectivity index (χ3v) is 3.88. The SMILES string of the molecule is CC(C)NC[C@@H](O)c1cc2ccccc2c2ccccc12. The average Bonchev–Trinajstić information content (AvgIpc) is 2.51. The predicted octanol–water partition coefficient (Wildman–Crippen LogP) is 4.02. The molecule has 2 N–H and O–H groups in total. The molecule has 0 fully saturated rings. The van der Waals surface area contributed by atoms with Gasteiger partial charge in [-0.2, -0.15) is 0 Å². The van der Waals surface area contributed by atoms with Crippen LogP contribution in [0.4, 0.5) is 0 Å². The van der Waals surface area contributed by atoms with Crippen LogP contribution < -0.4 is 5.32 Å². The number of benzene rings is 3. The summed E-state index contributed by atoms with van der Waals surface area (Å²) in [7, 11) is 0. The number of hydrogen-bond acceptors (Lipinski definition) is 2. The Morgan fingerprint density at radius 1 is 0.905 bits per heavy atom. The molecule has 0 unspecified atom stereocenters. The van der Waals surface area contributed by atoms with E-state index in [1.165, 1.54) is 16.2 Å². The van der Waals surface area contributed by atoms with E-state index in [4.69, 9.17) is 0 Å². The number of rotatable bonds is 4. The van der Waals surface area contributed by atoms with Gasteiger partial charge < -0.3 is 10.4 Å². The van der Waals surface area contributed by atoms with E-state index in [2.05, 4.69) is 61.6 Å². The van der Waals surface area contributed by atoms with E-state index in [0.29, 0.717) is 12.6 Å². The molecule has 1 atom stereocenters. The van der Waals surface area contributed by atoms with Crippen molar-refractivity contribution in [2.45, 2.75) is 26.0 Å². The van der Waals surface area contributed by atoms with Crippen molar-refractivity contribution in [2.24, 2.45) is 0 Å². The summed E-state index contributed by atoms with van der Waals surface area (Å²) in [5.41, 5.74) is 0.998. The fourth-order valence-electron chi connectivity index (χ4n) is 2.82. The van der Waals surface area contributed by atoms with E-state index < -0.39 is 6.10 Å². The van der Waals surface area contributed by atoms with Gasteiger partial charge in [-0.1, -0.05) is 62.4 Å². The molecule has 0 aromatic heterocycles. The van der Waals surface area contributed by atoms with E-state index >= 15 is 0 Å². The number of fused-ring (bicyclic) bond motifs is 3. The zero-order valence-corrected chi connectivity index (χ0v) is 12.5. The molecule has 0 bridgehead atoms. The molecule has 0 aliphatic rings. The zero-order valence-electron chi connectivity index (χ0n) is 12.5. The number of hydrogen-bond donors (Lipinski definition) is 2. The van der Waals surface area contributed by atoms with E-state index in [1.807, 2.05) is 12.1 Å². The first-order valence-corrected chi connectivity index (χ1v) is 7.48. The van der Waals surface area contributed by atoms with Gasteiger partial charge in [-0.15, -0.1) is 0 Å². The summed E-state index contributed by atoms with van der Waals surface area (Å²) in [6, 6.07) is 19.1. The first kappa shape index (κ1) is 14.1. The molecule has 0 aliphatic heterocycles. The number of nitrogens with one attached hydrogen (secondary N) is 1. The van der Waals surface area contributed by atoms with Crippen LogP contribution in [0.25, 0.3) is 21.5 Å². The molecule has 0 saturated heterocycles. The number of aliphatic hydroxyl groups excluding tert-OH is 1. The summed E-state index contributed by atoms with van der Waals surface area (Å²) in [6.45, 7) is 4.75. The Balaban J connectivity index is 2.16. The molecule has 3 aromatic rings. The third-order valence-electron chi connectivity index (χ3n) is 3.88. The van der Waals surface area contributed by atoms with Crippen molar-refractivity contribution in [3.63, 3.8) is 0 Å². The van der Waals surface area contributed by atoms with Gasteiger partial charge in [-0.3, -0.25) is 0 Å². The van der Waals surface area contributed by atoms with Gasteiger partial charge in [0.25, 0.3) is 0 Å². The van der Waals surface area contributed by atoms with E-state index in [0.717, 1.165) is 10.9 Å². The van der Waals surface area contributed by atoms with E-state index in [9.17, 15) is 5.11 Å². The van der Waals surface area contributed by atoms with Crippen molar-refractivity contribution in [3.05, 3.63) is 60.2 Å². The minimum Gasteiger partial charge on any atom is -0.387 e. The first-order valence-electron chi connectivity index (χ1n) is 7.48. The Labute approximate surface area is 125 Å². The zero-order chi connectivity index (χ0) is 14.8. The lowest BCUT2D eigenvalue weighted by atomic mass is 9.94. The van der Waals surface area contributed by atoms with Crippen LogP contribution in [0.3, 0.4) is 0 Å². The van der Waals surface area contributed by atoms with Crippen LogP contribution in [-0.4, -0.2) is 17.7 Å². The van der Waals surface area contributed by atoms with Crippen LogP contribution in [0.5, 0.6) is 0 Å². The minimum absolute atomic E-state index is 0.367. The highest BCUT2D eigenvalue weighted by molar-refractivity contribution is 6.09. The first-order chi connectivity index (χ1) is 10.2. The Morgan fingerprint density at radius 2 is 1.52 bits per heavy atom. The Hall–Kier alpha value is -1.90. The van der Waals surface area contributed by atoms with Crippen LogP contribution in [0.15, 0.2) is 54.6 Å². The Bertz CT molecular complexity index is 764. The highest BCUT2D eigenvalue weighted by Crippen LogP contribution is 2.31. The maximum absolute atomic E-state index is 10.6. The molecule has 108 valence electrons. The largest absolute Gasteiger partial charge is 0.387 e. The molecule has 3 rings (SSSR count). The molecule has 3 aromatic carbocycles. The molecule has 0 spiro atoms. The van der Waals surface area contributed by atoms with Crippen LogP contribution in [0.1, 0.15) is 25.5 Å². The summed E-state index contributed by atoms with van der Waals surface area (Å²) in [5.74, 6) is 0. The average molecular weight is 279 g/mol. The third kappa shape index (κ3) is 2.78. The van der Waals surface area contributed by atoms with Crippen molar-refractivity contribution in [1.29, 1.82) is 0 Å². The van der Waals surface area contributed by atoms with Crippen LogP contribution in [0, 0.1) is 0 Å². The standard InChI is InChI=1S/C19H21NO/c1-13(2)20-12-19(21)18-11-14-7-3-4-8-15(14)16-9-5-6-10-17(16)18/h3-11,13,19-21H,12H2,1-2H3/t19-/m1/s1. The summed E-state index contributed by atoms with van der Waals surface area (Å²) >= 11 is 0. The number of aliphatic hydroxyl groups is 1. The van der Waals surface area contributed by atoms with Gasteiger partial charge in [0.2, 0.25) is 0 Å². The predicted molar refractivity (Wildman–Crippen MR) is 89.6 cm³/mol. The lowest BCUT2D eigenvalue weighted by Gasteiger charge is -2.18. The minimum atomic E-state index is -0.498. The molecule has 0 amide bonds. The van der Waals surface area contributed by atoms with Gasteiger partial charge >= 0.3 is 0 Å². The second-order valence-corrected chi connectivity index (χ2v) is 5.81. The van der Waals surface area contributed by atoms with Crippen molar-refractivity contribution < 1.29 is 5.11 Å². The Kier molecular flexibility index (Phi) is 3.91. The van der Waals surface area contributed by atoms with Gasteiger partial charge in [0.05, 0.1) is 6.10 Å². The molecule has 0 heterocycles. The van der Waals surface area contributed by atoms with Crippen LogP contribution >= 0.6 is 0 Å². The highest BCUT2D eigenvalue weighted by atomic mass is 16.3. The highest BCUT2D eigenvalue weighted by Gasteiger charge is 2.13. The maximum atomic E-state index is 10.6. The van der Waals surface area contributed by atoms with Crippen LogP contribution in [-0.2, 0) is 0 Å². The summed E-state index contributed by atoms with van der Waals surface area (Å²) < 4.78 is 0. The summed E-state index contributed by atoms with van der Waals surface area (Å²) in [5, 5.41) is 18.6. The molecular weight excluding hydrogens is 258 g/mol. The molecular formula is C19H21NO. The van der Waals surface area contributed by atoms with Gasteiger partial charge in [-0.25, -0.2) is 0 Å². The lowest BCUT2D eigenvalue weighted by Crippen LogP contribution is -2.28. The van der Waals surface area contributed by atoms with E-state index in [-0.39, 0.29) is 0 Å². The molecule has 21 heavy (non-hydrogen) atoms. The maximum Gasteiger partial charge on any atom is 0.0920 e. The smallest absolute Gasteiger partial charge is 0.0920 e. The second kappa shape index (κ2) is 5.84. The van der Waals surface area contributed by atoms with E-state index in [1.54, 1.807) is 0 Å². The molecule has 0 radical (unpaired) electrons. The van der Waals surface area contributed by atoms with Gasteiger partial charge in [0.15, 0.2) is 0 Å². The normalized spacial score (nSPS) is 13.1. The fourth-order valence-corrected chi connectivity index (χ4v) is 2.82. The molecule has 2 nitrogen and oxygen atoms in total. The summed E-state index contributed by atoms with van der Waals surface area (Å²) in [6.07, 6.45) is -0.498. The Morgan fingerprint density at radius 3 is 2.24 bits per heavy atom. The quantitative estimate of drug-likeness (QED) is 0.707. The van der Waals surface area contributed by atoms with Gasteiger partial charge in [0.1, 0.15) is 0 Å². The van der Waals surface area contributed by atoms with Gasteiger partial charge in [0, 0.05) is 12.6 Å². The van der Waals surface area contributed by atoms with Crippen molar-refractivity contribution in [3.8, 4) is 0 Å². The monoisotopic (exact) mass is 279 g/mol. The van der Waals surface area contributed by atoms with Crippen molar-refractivity contribution >= 4 is 21.5 Å². The van der Waals surface area contributed by atoms with Crippen LogP contribution in [0.2, 0.25) is 0 Å². The van der Waals surface area contributed by atoms with Crippen molar-refractivity contribution in [2.75, 3.05) is 6.54 Å². The fraction of sp³-hybridized carbons (Fsp3) is 0.263. The lowest BCUT2D eigenvalue weighted by molar-refractivity contribution is 0.173. The second-order valence-electron chi connectivity index (χ2n) is 5.81. The van der Waals surface area contributed by atoms with Gasteiger partial charge in [-0.05, 0) is 33.2 Å². The van der Waals surface area contributed by atoms with Crippen molar-refractivity contribution in [1.82, 2.24) is 5.32 Å². The molecule has 0 aliphatic carbocycles. The topological polar surface area (TPSA) is 32.3 Å².